The molecule has 0 aliphatic heterocycles. The summed E-state index contributed by atoms with van der Waals surface area (Å²) in [6, 6.07) is 25.6. The monoisotopic (exact) mass is 526 g/mol. The Morgan fingerprint density at radius 1 is 0.625 bits per heavy atom. The number of pyridine rings is 2. The van der Waals surface area contributed by atoms with E-state index in [0.29, 0.717) is 22.5 Å². The van der Waals surface area contributed by atoms with Crippen LogP contribution in [0.2, 0.25) is 0 Å². The summed E-state index contributed by atoms with van der Waals surface area (Å²) in [4.78, 5) is 31.6. The molecule has 8 nitrogen and oxygen atoms in total. The number of carboxylic acid groups (broad SMARTS) is 2. The number of aromatic nitrogens is 2. The van der Waals surface area contributed by atoms with Gasteiger partial charge in [-0.2, -0.15) is 10.5 Å². The molecule has 0 atom stereocenters. The van der Waals surface area contributed by atoms with Crippen molar-refractivity contribution < 1.29 is 19.8 Å². The van der Waals surface area contributed by atoms with Crippen LogP contribution in [0.25, 0.3) is 45.8 Å². The fraction of sp³-hybridized carbons (Fsp3) is 0.0625. The minimum atomic E-state index is -1.27. The van der Waals surface area contributed by atoms with Crippen molar-refractivity contribution in [1.29, 1.82) is 10.5 Å². The van der Waals surface area contributed by atoms with Gasteiger partial charge < -0.3 is 10.2 Å². The summed E-state index contributed by atoms with van der Waals surface area (Å²) in [5.41, 5.74) is 7.09. The van der Waals surface area contributed by atoms with Gasteiger partial charge in [-0.05, 0) is 83.6 Å². The van der Waals surface area contributed by atoms with E-state index >= 15 is 0 Å². The van der Waals surface area contributed by atoms with Crippen LogP contribution in [0.1, 0.15) is 22.5 Å². The van der Waals surface area contributed by atoms with Gasteiger partial charge in [0.2, 0.25) is 0 Å². The number of rotatable bonds is 7. The van der Waals surface area contributed by atoms with Crippen LogP contribution < -0.4 is 0 Å². The van der Waals surface area contributed by atoms with Crippen molar-refractivity contribution in [2.24, 2.45) is 0 Å². The molecule has 0 aliphatic rings. The Kier molecular flexibility index (Phi) is 7.94. The Morgan fingerprint density at radius 2 is 0.975 bits per heavy atom. The fourth-order valence-electron chi connectivity index (χ4n) is 4.09. The normalized spacial score (nSPS) is 11.4. The molecule has 2 heterocycles. The van der Waals surface area contributed by atoms with Crippen molar-refractivity contribution in [2.75, 3.05) is 0 Å². The van der Waals surface area contributed by atoms with Crippen LogP contribution in [0, 0.1) is 36.5 Å². The second-order valence-electron chi connectivity index (χ2n) is 8.96. The Bertz CT molecular complexity index is 1640. The molecule has 2 aromatic heterocycles. The molecule has 0 spiro atoms. The number of carboxylic acids is 2. The lowest BCUT2D eigenvalue weighted by Gasteiger charge is -2.10. The number of nitriles is 2. The molecule has 0 saturated carbocycles. The highest BCUT2D eigenvalue weighted by atomic mass is 16.4. The van der Waals surface area contributed by atoms with Gasteiger partial charge in [-0.3, -0.25) is 9.97 Å². The molecule has 4 aromatic rings. The maximum atomic E-state index is 11.1. The van der Waals surface area contributed by atoms with Crippen LogP contribution in [0.15, 0.2) is 83.9 Å². The van der Waals surface area contributed by atoms with Gasteiger partial charge in [-0.1, -0.05) is 48.5 Å². The molecular weight excluding hydrogens is 504 g/mol. The van der Waals surface area contributed by atoms with Crippen molar-refractivity contribution in [3.63, 3.8) is 0 Å². The summed E-state index contributed by atoms with van der Waals surface area (Å²) in [5.74, 6) is -2.55. The Morgan fingerprint density at radius 3 is 1.27 bits per heavy atom. The molecule has 40 heavy (non-hydrogen) atoms. The van der Waals surface area contributed by atoms with Gasteiger partial charge in [0.05, 0.1) is 11.4 Å². The minimum absolute atomic E-state index is 0.339. The number of carbonyl (C=O) groups is 2. The molecule has 194 valence electrons. The lowest BCUT2D eigenvalue weighted by atomic mass is 9.99. The van der Waals surface area contributed by atoms with E-state index in [-0.39, 0.29) is 11.1 Å². The lowest BCUT2D eigenvalue weighted by Crippen LogP contribution is -1.97. The summed E-state index contributed by atoms with van der Waals surface area (Å²) in [5, 5.41) is 36.2. The summed E-state index contributed by atoms with van der Waals surface area (Å²) in [6.45, 7) is 3.79. The summed E-state index contributed by atoms with van der Waals surface area (Å²) < 4.78 is 0. The third kappa shape index (κ3) is 6.34. The average Bonchev–Trinajstić information content (AvgIpc) is 2.94. The van der Waals surface area contributed by atoms with Crippen molar-refractivity contribution >= 4 is 24.1 Å². The maximum absolute atomic E-state index is 11.1. The first-order chi connectivity index (χ1) is 19.2. The van der Waals surface area contributed by atoms with Crippen molar-refractivity contribution in [3.05, 3.63) is 106 Å². The number of hydrogen-bond donors (Lipinski definition) is 2. The topological polar surface area (TPSA) is 148 Å². The molecule has 8 heteroatoms. The Balaban J connectivity index is 1.67. The smallest absolute Gasteiger partial charge is 0.346 e. The summed E-state index contributed by atoms with van der Waals surface area (Å²) in [6.07, 6.45) is 2.65. The van der Waals surface area contributed by atoms with E-state index in [9.17, 15) is 9.59 Å². The summed E-state index contributed by atoms with van der Waals surface area (Å²) in [7, 11) is 0. The van der Waals surface area contributed by atoms with Gasteiger partial charge in [-0.25, -0.2) is 9.59 Å². The van der Waals surface area contributed by atoms with Gasteiger partial charge >= 0.3 is 11.9 Å². The van der Waals surface area contributed by atoms with Crippen molar-refractivity contribution in [2.45, 2.75) is 13.8 Å². The molecule has 0 radical (unpaired) electrons. The molecule has 0 saturated heterocycles. The van der Waals surface area contributed by atoms with E-state index in [1.165, 1.54) is 12.2 Å². The van der Waals surface area contributed by atoms with Crippen LogP contribution in [0.3, 0.4) is 0 Å². The zero-order chi connectivity index (χ0) is 28.8. The Hall–Kier alpha value is -5.86. The van der Waals surface area contributed by atoms with E-state index in [0.717, 1.165) is 33.6 Å². The first-order valence-corrected chi connectivity index (χ1v) is 12.1. The lowest BCUT2D eigenvalue weighted by molar-refractivity contribution is -0.133. The van der Waals surface area contributed by atoms with Gasteiger partial charge in [0.1, 0.15) is 23.3 Å². The highest BCUT2D eigenvalue weighted by molar-refractivity contribution is 5.97. The second-order valence-corrected chi connectivity index (χ2v) is 8.96. The third-order valence-corrected chi connectivity index (χ3v) is 5.98. The molecule has 0 bridgehead atoms. The van der Waals surface area contributed by atoms with Crippen LogP contribution in [-0.2, 0) is 9.59 Å². The van der Waals surface area contributed by atoms with Crippen molar-refractivity contribution in [3.8, 4) is 45.8 Å². The molecule has 0 amide bonds. The minimum Gasteiger partial charge on any atom is -0.477 e. The first kappa shape index (κ1) is 27.2. The molecule has 2 N–H and O–H groups in total. The predicted octanol–water partition coefficient (Wildman–Crippen LogP) is 6.08. The quantitative estimate of drug-likeness (QED) is 0.217. The van der Waals surface area contributed by atoms with Gasteiger partial charge in [-0.15, -0.1) is 0 Å². The van der Waals surface area contributed by atoms with Crippen LogP contribution in [0.4, 0.5) is 0 Å². The molecule has 2 aromatic carbocycles. The molecular formula is C32H22N4O4. The van der Waals surface area contributed by atoms with E-state index in [1.54, 1.807) is 36.4 Å². The van der Waals surface area contributed by atoms with E-state index in [1.807, 2.05) is 62.4 Å². The van der Waals surface area contributed by atoms with Gasteiger partial charge in [0.25, 0.3) is 0 Å². The zero-order valence-corrected chi connectivity index (χ0v) is 21.6. The molecule has 0 fully saturated rings. The van der Waals surface area contributed by atoms with Crippen LogP contribution in [-0.4, -0.2) is 32.1 Å². The number of aliphatic carboxylic acids is 2. The number of hydrogen-bond acceptors (Lipinski definition) is 6. The highest BCUT2D eigenvalue weighted by Crippen LogP contribution is 2.29. The number of nitrogens with zero attached hydrogens (tertiary/aromatic N) is 4. The maximum Gasteiger partial charge on any atom is 0.346 e. The standard InChI is InChI=1S/C32H22N4O4/c1-19-11-25(23-7-3-21(4-8-23)13-27(17-33)31(37)38)15-29(35-19)30-16-26(12-20(2)36-30)24-9-5-22(6-10-24)14-28(18-34)32(39)40/h3-16H,1-2H3,(H,37,38)(H,39,40)/b27-13-,28-14-. The Labute approximate surface area is 230 Å². The summed E-state index contributed by atoms with van der Waals surface area (Å²) >= 11 is 0. The predicted molar refractivity (Wildman–Crippen MR) is 150 cm³/mol. The van der Waals surface area contributed by atoms with Gasteiger partial charge in [0.15, 0.2) is 0 Å². The molecule has 0 aliphatic carbocycles. The fourth-order valence-corrected chi connectivity index (χ4v) is 4.09. The highest BCUT2D eigenvalue weighted by Gasteiger charge is 2.11. The number of benzene rings is 2. The van der Waals surface area contributed by atoms with Crippen LogP contribution in [0.5, 0.6) is 0 Å². The first-order valence-electron chi connectivity index (χ1n) is 12.1. The van der Waals surface area contributed by atoms with Crippen molar-refractivity contribution in [1.82, 2.24) is 9.97 Å². The van der Waals surface area contributed by atoms with Crippen LogP contribution >= 0.6 is 0 Å². The van der Waals surface area contributed by atoms with E-state index in [2.05, 4.69) is 0 Å². The zero-order valence-electron chi connectivity index (χ0n) is 21.6. The largest absolute Gasteiger partial charge is 0.477 e. The molecule has 0 unspecified atom stereocenters. The SMILES string of the molecule is Cc1cc(-c2ccc(/C=C(/C#N)C(=O)O)cc2)cc(-c2cc(-c3ccc(/C=C(/C#N)C(=O)O)cc3)cc(C)n2)n1. The third-order valence-electron chi connectivity index (χ3n) is 5.98. The number of aryl methyl sites for hydroxylation is 2. The van der Waals surface area contributed by atoms with E-state index < -0.39 is 11.9 Å². The molecule has 4 rings (SSSR count). The van der Waals surface area contributed by atoms with E-state index in [4.69, 9.17) is 30.7 Å². The second kappa shape index (κ2) is 11.7. The average molecular weight is 527 g/mol. The van der Waals surface area contributed by atoms with Gasteiger partial charge in [0, 0.05) is 11.4 Å².